The van der Waals surface area contributed by atoms with Crippen molar-refractivity contribution in [3.8, 4) is 0 Å². The Bertz CT molecular complexity index is 1060. The summed E-state index contributed by atoms with van der Waals surface area (Å²) in [6.07, 6.45) is 5.13. The third kappa shape index (κ3) is 3.68. The number of aromatic amines is 1. The number of benzene rings is 2. The highest BCUT2D eigenvalue weighted by Crippen LogP contribution is 2.33. The van der Waals surface area contributed by atoms with Crippen molar-refractivity contribution < 1.29 is 14.7 Å². The maximum Gasteiger partial charge on any atom is 0.327 e. The Morgan fingerprint density at radius 2 is 1.90 bits per heavy atom. The van der Waals surface area contributed by atoms with E-state index in [1.807, 2.05) is 54.6 Å². The summed E-state index contributed by atoms with van der Waals surface area (Å²) < 4.78 is 0. The van der Waals surface area contributed by atoms with Crippen LogP contribution in [0.5, 0.6) is 0 Å². The van der Waals surface area contributed by atoms with Crippen LogP contribution in [0.1, 0.15) is 35.9 Å². The molecular formula is C24H25N3O3. The van der Waals surface area contributed by atoms with Crippen LogP contribution in [0, 0.1) is 0 Å². The second-order valence-electron chi connectivity index (χ2n) is 7.58. The third-order valence-electron chi connectivity index (χ3n) is 5.84. The number of hydrogen-bond donors (Lipinski definition) is 3. The lowest BCUT2D eigenvalue weighted by atomic mass is 9.91. The maximum atomic E-state index is 13.1. The van der Waals surface area contributed by atoms with Crippen LogP contribution in [0.3, 0.4) is 0 Å². The Hall–Kier alpha value is -3.54. The molecule has 0 radical (unpaired) electrons. The fraction of sp³-hybridized carbons (Fsp3) is 0.250. The summed E-state index contributed by atoms with van der Waals surface area (Å²) in [4.78, 5) is 30.2. The van der Waals surface area contributed by atoms with Crippen LogP contribution < -0.4 is 5.32 Å². The van der Waals surface area contributed by atoms with E-state index in [-0.39, 0.29) is 12.1 Å². The molecule has 0 spiro atoms. The van der Waals surface area contributed by atoms with Crippen molar-refractivity contribution in [2.45, 2.75) is 30.8 Å². The van der Waals surface area contributed by atoms with Crippen LogP contribution in [0.2, 0.25) is 0 Å². The van der Waals surface area contributed by atoms with Gasteiger partial charge in [0.1, 0.15) is 6.04 Å². The van der Waals surface area contributed by atoms with E-state index in [2.05, 4.69) is 16.9 Å². The van der Waals surface area contributed by atoms with E-state index in [0.717, 1.165) is 34.9 Å². The summed E-state index contributed by atoms with van der Waals surface area (Å²) in [5, 5.41) is 13.6. The number of para-hydroxylation sites is 1. The molecule has 2 heterocycles. The van der Waals surface area contributed by atoms with Gasteiger partial charge in [-0.15, -0.1) is 6.58 Å². The zero-order valence-corrected chi connectivity index (χ0v) is 16.6. The highest BCUT2D eigenvalue weighted by Gasteiger charge is 2.35. The van der Waals surface area contributed by atoms with E-state index in [1.165, 1.54) is 0 Å². The molecular weight excluding hydrogens is 378 g/mol. The molecule has 3 aromatic rings. The van der Waals surface area contributed by atoms with E-state index in [9.17, 15) is 14.7 Å². The number of likely N-dealkylation sites (tertiary alicyclic amines) is 1. The summed E-state index contributed by atoms with van der Waals surface area (Å²) >= 11 is 0. The lowest BCUT2D eigenvalue weighted by molar-refractivity contribution is -0.139. The van der Waals surface area contributed by atoms with Gasteiger partial charge in [0.25, 0.3) is 0 Å². The van der Waals surface area contributed by atoms with Gasteiger partial charge in [-0.3, -0.25) is 0 Å². The van der Waals surface area contributed by atoms with Gasteiger partial charge >= 0.3 is 12.0 Å². The number of carbonyl (C=O) groups excluding carboxylic acids is 1. The average molecular weight is 403 g/mol. The lowest BCUT2D eigenvalue weighted by Gasteiger charge is -2.29. The molecule has 6 nitrogen and oxygen atoms in total. The van der Waals surface area contributed by atoms with Crippen LogP contribution in [-0.4, -0.2) is 39.6 Å². The van der Waals surface area contributed by atoms with E-state index >= 15 is 0 Å². The number of hydrogen-bond acceptors (Lipinski definition) is 2. The van der Waals surface area contributed by atoms with Crippen LogP contribution in [0.4, 0.5) is 4.79 Å². The van der Waals surface area contributed by atoms with Gasteiger partial charge in [-0.25, -0.2) is 9.59 Å². The van der Waals surface area contributed by atoms with Gasteiger partial charge in [-0.1, -0.05) is 54.6 Å². The average Bonchev–Trinajstić information content (AvgIpc) is 3.42. The fourth-order valence-corrected chi connectivity index (χ4v) is 4.36. The minimum atomic E-state index is -1.12. The Labute approximate surface area is 175 Å². The number of nitrogens with zero attached hydrogens (tertiary/aromatic N) is 1. The molecule has 1 aromatic heterocycles. The molecule has 1 unspecified atom stereocenters. The molecule has 3 N–H and O–H groups in total. The van der Waals surface area contributed by atoms with Gasteiger partial charge in [-0.05, 0) is 30.0 Å². The standard InChI is InChI=1S/C24H25N3O3/c1-2-17(19-15-25-20-12-7-6-11-18(19)20)22(23(28)29)26-24(30)27-14-8-13-21(27)16-9-4-3-5-10-16/h2-7,9-12,15,17,21-22,25H,1,8,13-14H2,(H,26,30)(H,28,29)/t17-,21?,22+/m0/s1. The first-order valence-corrected chi connectivity index (χ1v) is 10.1. The fourth-order valence-electron chi connectivity index (χ4n) is 4.36. The molecule has 0 saturated carbocycles. The van der Waals surface area contributed by atoms with Crippen LogP contribution in [0.25, 0.3) is 10.9 Å². The molecule has 6 heteroatoms. The molecule has 30 heavy (non-hydrogen) atoms. The van der Waals surface area contributed by atoms with Gasteiger partial charge < -0.3 is 20.3 Å². The number of nitrogens with one attached hydrogen (secondary N) is 2. The molecule has 1 fully saturated rings. The van der Waals surface area contributed by atoms with Gasteiger partial charge in [0.15, 0.2) is 0 Å². The second kappa shape index (κ2) is 8.45. The van der Waals surface area contributed by atoms with Crippen molar-refractivity contribution in [2.75, 3.05) is 6.54 Å². The molecule has 0 aliphatic carbocycles. The summed E-state index contributed by atoms with van der Waals surface area (Å²) in [6.45, 7) is 4.45. The first-order valence-electron chi connectivity index (χ1n) is 10.1. The van der Waals surface area contributed by atoms with Crippen molar-refractivity contribution in [1.82, 2.24) is 15.2 Å². The summed E-state index contributed by atoms with van der Waals surface area (Å²) in [7, 11) is 0. The zero-order chi connectivity index (χ0) is 21.1. The van der Waals surface area contributed by atoms with E-state index < -0.39 is 17.9 Å². The number of aromatic nitrogens is 1. The van der Waals surface area contributed by atoms with Crippen LogP contribution in [0.15, 0.2) is 73.4 Å². The number of urea groups is 1. The summed E-state index contributed by atoms with van der Waals surface area (Å²) in [5.41, 5.74) is 2.78. The van der Waals surface area contributed by atoms with Crippen molar-refractivity contribution in [3.63, 3.8) is 0 Å². The highest BCUT2D eigenvalue weighted by molar-refractivity contribution is 5.88. The van der Waals surface area contributed by atoms with Crippen LogP contribution in [-0.2, 0) is 4.79 Å². The van der Waals surface area contributed by atoms with Crippen molar-refractivity contribution in [2.24, 2.45) is 0 Å². The van der Waals surface area contributed by atoms with Gasteiger partial charge in [0, 0.05) is 29.6 Å². The smallest absolute Gasteiger partial charge is 0.327 e. The second-order valence-corrected chi connectivity index (χ2v) is 7.58. The monoisotopic (exact) mass is 403 g/mol. The Kier molecular flexibility index (Phi) is 5.57. The number of fused-ring (bicyclic) bond motifs is 1. The Morgan fingerprint density at radius 1 is 1.17 bits per heavy atom. The molecule has 1 aliphatic rings. The third-order valence-corrected chi connectivity index (χ3v) is 5.84. The molecule has 3 atom stereocenters. The van der Waals surface area contributed by atoms with Crippen molar-refractivity contribution in [1.29, 1.82) is 0 Å². The zero-order valence-electron chi connectivity index (χ0n) is 16.6. The number of H-pyrrole nitrogens is 1. The number of carbonyl (C=O) groups is 2. The first kappa shape index (κ1) is 19.8. The van der Waals surface area contributed by atoms with E-state index in [0.29, 0.717) is 6.54 Å². The highest BCUT2D eigenvalue weighted by atomic mass is 16.4. The Balaban J connectivity index is 1.59. The predicted octanol–water partition coefficient (Wildman–Crippen LogP) is 4.44. The lowest BCUT2D eigenvalue weighted by Crippen LogP contribution is -2.50. The Morgan fingerprint density at radius 3 is 2.63 bits per heavy atom. The molecule has 0 bridgehead atoms. The number of carboxylic acid groups (broad SMARTS) is 1. The van der Waals surface area contributed by atoms with Gasteiger partial charge in [-0.2, -0.15) is 0 Å². The topological polar surface area (TPSA) is 85.4 Å². The largest absolute Gasteiger partial charge is 0.480 e. The van der Waals surface area contributed by atoms with Gasteiger partial charge in [0.05, 0.1) is 6.04 Å². The molecule has 1 aliphatic heterocycles. The maximum absolute atomic E-state index is 13.1. The predicted molar refractivity (Wildman–Crippen MR) is 116 cm³/mol. The normalized spacial score (nSPS) is 18.1. The van der Waals surface area contributed by atoms with E-state index in [4.69, 9.17) is 0 Å². The van der Waals surface area contributed by atoms with Crippen LogP contribution >= 0.6 is 0 Å². The molecule has 2 amide bonds. The minimum Gasteiger partial charge on any atom is -0.480 e. The number of aliphatic carboxylic acids is 1. The molecule has 4 rings (SSSR count). The molecule has 1 saturated heterocycles. The number of amides is 2. The SMILES string of the molecule is C=C[C@@H](c1c[nH]c2ccccc12)[C@@H](NC(=O)N1CCCC1c1ccccc1)C(=O)O. The van der Waals surface area contributed by atoms with Crippen molar-refractivity contribution in [3.05, 3.63) is 84.6 Å². The van der Waals surface area contributed by atoms with Gasteiger partial charge in [0.2, 0.25) is 0 Å². The quantitative estimate of drug-likeness (QED) is 0.532. The molecule has 154 valence electrons. The summed E-state index contributed by atoms with van der Waals surface area (Å²) in [5.74, 6) is -1.66. The van der Waals surface area contributed by atoms with E-state index in [1.54, 1.807) is 17.2 Å². The first-order chi connectivity index (χ1) is 14.6. The number of carboxylic acids is 1. The molecule has 2 aromatic carbocycles. The summed E-state index contributed by atoms with van der Waals surface area (Å²) in [6, 6.07) is 16.0. The number of rotatable bonds is 6. The minimum absolute atomic E-state index is 0.0454. The van der Waals surface area contributed by atoms with Crippen molar-refractivity contribution >= 4 is 22.9 Å².